The lowest BCUT2D eigenvalue weighted by molar-refractivity contribution is 1.04. The Bertz CT molecular complexity index is 440. The maximum Gasteiger partial charge on any atom is 0.0547 e. The van der Waals surface area contributed by atoms with Crippen LogP contribution in [0.4, 0.5) is 11.4 Å². The molecule has 0 unspecified atom stereocenters. The topological polar surface area (TPSA) is 37.0 Å². The molecule has 2 aromatic rings. The Morgan fingerprint density at radius 1 is 1.24 bits per heavy atom. The molecule has 0 bridgehead atoms. The van der Waals surface area contributed by atoms with Crippen molar-refractivity contribution in [2.75, 3.05) is 23.7 Å². The highest BCUT2D eigenvalue weighted by molar-refractivity contribution is 7.09. The third-order valence-corrected chi connectivity index (χ3v) is 3.34. The van der Waals surface area contributed by atoms with Crippen molar-refractivity contribution in [3.63, 3.8) is 0 Å². The minimum Gasteiger partial charge on any atom is -0.384 e. The van der Waals surface area contributed by atoms with Crippen LogP contribution in [0.5, 0.6) is 0 Å². The van der Waals surface area contributed by atoms with E-state index in [-0.39, 0.29) is 0 Å². The largest absolute Gasteiger partial charge is 0.384 e. The molecule has 2 heterocycles. The number of pyridine rings is 1. The first kappa shape index (κ1) is 11.9. The first-order chi connectivity index (χ1) is 8.38. The van der Waals surface area contributed by atoms with E-state index in [1.165, 1.54) is 4.88 Å². The average molecular weight is 247 g/mol. The summed E-state index contributed by atoms with van der Waals surface area (Å²) in [5.74, 6) is 0. The number of nitrogens with one attached hydrogen (secondary N) is 2. The van der Waals surface area contributed by atoms with Crippen molar-refractivity contribution in [3.05, 3.63) is 40.8 Å². The number of anilines is 2. The zero-order valence-electron chi connectivity index (χ0n) is 9.94. The summed E-state index contributed by atoms with van der Waals surface area (Å²) in [5.41, 5.74) is 2.13. The number of thiophene rings is 1. The molecular weight excluding hydrogens is 230 g/mol. The van der Waals surface area contributed by atoms with Gasteiger partial charge in [-0.05, 0) is 30.9 Å². The van der Waals surface area contributed by atoms with E-state index < -0.39 is 0 Å². The molecule has 0 aromatic carbocycles. The van der Waals surface area contributed by atoms with Gasteiger partial charge in [-0.1, -0.05) is 6.07 Å². The van der Waals surface area contributed by atoms with Crippen molar-refractivity contribution in [1.29, 1.82) is 0 Å². The first-order valence-electron chi connectivity index (χ1n) is 5.83. The normalized spacial score (nSPS) is 10.2. The van der Waals surface area contributed by atoms with E-state index in [1.807, 2.05) is 12.4 Å². The van der Waals surface area contributed by atoms with E-state index in [1.54, 1.807) is 11.3 Å². The lowest BCUT2D eigenvalue weighted by Gasteiger charge is -2.07. The van der Waals surface area contributed by atoms with Gasteiger partial charge in [0.15, 0.2) is 0 Å². The molecule has 90 valence electrons. The van der Waals surface area contributed by atoms with Crippen molar-refractivity contribution in [2.45, 2.75) is 13.3 Å². The Balaban J connectivity index is 1.84. The molecule has 0 amide bonds. The monoisotopic (exact) mass is 247 g/mol. The second-order valence-corrected chi connectivity index (χ2v) is 4.78. The van der Waals surface area contributed by atoms with Crippen molar-refractivity contribution < 1.29 is 0 Å². The second-order valence-electron chi connectivity index (χ2n) is 3.75. The Kier molecular flexibility index (Phi) is 4.38. The zero-order valence-corrected chi connectivity index (χ0v) is 10.8. The van der Waals surface area contributed by atoms with Crippen LogP contribution in [0, 0.1) is 0 Å². The number of hydrogen-bond donors (Lipinski definition) is 2. The molecule has 0 fully saturated rings. The van der Waals surface area contributed by atoms with E-state index in [0.29, 0.717) is 0 Å². The molecule has 0 aliphatic carbocycles. The molecule has 2 aromatic heterocycles. The zero-order chi connectivity index (χ0) is 11.9. The molecular formula is C13H17N3S. The molecule has 0 saturated carbocycles. The molecule has 3 nitrogen and oxygen atoms in total. The SMILES string of the molecule is CCNc1cncc(NCCc2cccs2)c1. The van der Waals surface area contributed by atoms with E-state index in [9.17, 15) is 0 Å². The maximum absolute atomic E-state index is 4.20. The number of aromatic nitrogens is 1. The molecule has 0 saturated heterocycles. The van der Waals surface area contributed by atoms with Crippen molar-refractivity contribution in [3.8, 4) is 0 Å². The van der Waals surface area contributed by atoms with E-state index in [4.69, 9.17) is 0 Å². The van der Waals surface area contributed by atoms with Gasteiger partial charge in [-0.3, -0.25) is 4.98 Å². The molecule has 0 atom stereocenters. The van der Waals surface area contributed by atoms with Crippen LogP contribution >= 0.6 is 11.3 Å². The van der Waals surface area contributed by atoms with E-state index in [0.717, 1.165) is 30.9 Å². The molecule has 0 aliphatic rings. The molecule has 0 radical (unpaired) electrons. The first-order valence-corrected chi connectivity index (χ1v) is 6.71. The summed E-state index contributed by atoms with van der Waals surface area (Å²) in [4.78, 5) is 5.61. The fourth-order valence-electron chi connectivity index (χ4n) is 1.62. The number of rotatable bonds is 6. The van der Waals surface area contributed by atoms with Crippen molar-refractivity contribution in [1.82, 2.24) is 4.98 Å². The quantitative estimate of drug-likeness (QED) is 0.823. The standard InChI is InChI=1S/C13H17N3S/c1-2-15-11-8-12(10-14-9-11)16-6-5-13-4-3-7-17-13/h3-4,7-10,15-16H,2,5-6H2,1H3. The maximum atomic E-state index is 4.20. The predicted octanol–water partition coefficient (Wildman–Crippen LogP) is 3.23. The van der Waals surface area contributed by atoms with Gasteiger partial charge in [0.05, 0.1) is 23.8 Å². The van der Waals surface area contributed by atoms with Gasteiger partial charge in [-0.2, -0.15) is 0 Å². The Labute approximate surface area is 106 Å². The van der Waals surface area contributed by atoms with Crippen LogP contribution < -0.4 is 10.6 Å². The average Bonchev–Trinajstić information content (AvgIpc) is 2.83. The van der Waals surface area contributed by atoms with Crippen LogP contribution in [-0.4, -0.2) is 18.1 Å². The van der Waals surface area contributed by atoms with Crippen molar-refractivity contribution in [2.24, 2.45) is 0 Å². The van der Waals surface area contributed by atoms with Crippen LogP contribution in [0.2, 0.25) is 0 Å². The molecule has 17 heavy (non-hydrogen) atoms. The summed E-state index contributed by atoms with van der Waals surface area (Å²) in [6, 6.07) is 6.35. The Morgan fingerprint density at radius 3 is 2.76 bits per heavy atom. The summed E-state index contributed by atoms with van der Waals surface area (Å²) in [5, 5.41) is 8.75. The van der Waals surface area contributed by atoms with Crippen LogP contribution in [0.15, 0.2) is 36.0 Å². The summed E-state index contributed by atoms with van der Waals surface area (Å²) in [7, 11) is 0. The summed E-state index contributed by atoms with van der Waals surface area (Å²) >= 11 is 1.80. The van der Waals surface area contributed by atoms with Gasteiger partial charge < -0.3 is 10.6 Å². The minimum absolute atomic E-state index is 0.917. The molecule has 4 heteroatoms. The summed E-state index contributed by atoms with van der Waals surface area (Å²) < 4.78 is 0. The lowest BCUT2D eigenvalue weighted by Crippen LogP contribution is -2.05. The molecule has 0 spiro atoms. The third-order valence-electron chi connectivity index (χ3n) is 2.40. The molecule has 2 N–H and O–H groups in total. The fraction of sp³-hybridized carbons (Fsp3) is 0.308. The summed E-state index contributed by atoms with van der Waals surface area (Å²) in [6.45, 7) is 3.94. The van der Waals surface area contributed by atoms with Gasteiger partial charge in [0.1, 0.15) is 0 Å². The van der Waals surface area contributed by atoms with Crippen LogP contribution in [-0.2, 0) is 6.42 Å². The fourth-order valence-corrected chi connectivity index (χ4v) is 2.33. The van der Waals surface area contributed by atoms with Gasteiger partial charge in [0.25, 0.3) is 0 Å². The van der Waals surface area contributed by atoms with Gasteiger partial charge in [0.2, 0.25) is 0 Å². The smallest absolute Gasteiger partial charge is 0.0547 e. The Morgan fingerprint density at radius 2 is 2.06 bits per heavy atom. The van der Waals surface area contributed by atoms with E-state index >= 15 is 0 Å². The van der Waals surface area contributed by atoms with Crippen LogP contribution in [0.25, 0.3) is 0 Å². The molecule has 0 aliphatic heterocycles. The van der Waals surface area contributed by atoms with Crippen LogP contribution in [0.1, 0.15) is 11.8 Å². The van der Waals surface area contributed by atoms with Gasteiger partial charge in [0, 0.05) is 18.0 Å². The third kappa shape index (κ3) is 3.75. The Hall–Kier alpha value is -1.55. The molecule has 2 rings (SSSR count). The number of hydrogen-bond acceptors (Lipinski definition) is 4. The second kappa shape index (κ2) is 6.25. The lowest BCUT2D eigenvalue weighted by atomic mass is 10.3. The highest BCUT2D eigenvalue weighted by atomic mass is 32.1. The minimum atomic E-state index is 0.917. The predicted molar refractivity (Wildman–Crippen MR) is 74.9 cm³/mol. The highest BCUT2D eigenvalue weighted by Crippen LogP contribution is 2.13. The van der Waals surface area contributed by atoms with Gasteiger partial charge in [-0.25, -0.2) is 0 Å². The van der Waals surface area contributed by atoms with Crippen LogP contribution in [0.3, 0.4) is 0 Å². The van der Waals surface area contributed by atoms with Gasteiger partial charge >= 0.3 is 0 Å². The van der Waals surface area contributed by atoms with Gasteiger partial charge in [-0.15, -0.1) is 11.3 Å². The van der Waals surface area contributed by atoms with E-state index in [2.05, 4.69) is 46.1 Å². The number of nitrogens with zero attached hydrogens (tertiary/aromatic N) is 1. The highest BCUT2D eigenvalue weighted by Gasteiger charge is 1.97. The van der Waals surface area contributed by atoms with Crippen molar-refractivity contribution >= 4 is 22.7 Å². The summed E-state index contributed by atoms with van der Waals surface area (Å²) in [6.07, 6.45) is 4.76.